The Morgan fingerprint density at radius 2 is 1.89 bits per heavy atom. The number of halogens is 1. The Morgan fingerprint density at radius 3 is 2.43 bits per heavy atom. The predicted octanol–water partition coefficient (Wildman–Crippen LogP) is 0.833. The molecule has 1 saturated carbocycles. The summed E-state index contributed by atoms with van der Waals surface area (Å²) in [4.78, 5) is 44.4. The van der Waals surface area contributed by atoms with E-state index >= 15 is 0 Å². The van der Waals surface area contributed by atoms with E-state index in [9.17, 15) is 34.8 Å². The molecule has 0 unspecified atom stereocenters. The van der Waals surface area contributed by atoms with Crippen LogP contribution in [0.4, 0.5) is 5.82 Å². The summed E-state index contributed by atoms with van der Waals surface area (Å²) >= 11 is 6.39. The van der Waals surface area contributed by atoms with Crippen molar-refractivity contribution in [2.75, 3.05) is 19.4 Å². The van der Waals surface area contributed by atoms with Crippen molar-refractivity contribution in [1.82, 2.24) is 9.88 Å². The highest BCUT2D eigenvalue weighted by molar-refractivity contribution is 6.31. The van der Waals surface area contributed by atoms with Gasteiger partial charge in [-0.05, 0) is 46.7 Å². The van der Waals surface area contributed by atoms with Gasteiger partial charge in [-0.2, -0.15) is 0 Å². The summed E-state index contributed by atoms with van der Waals surface area (Å²) < 4.78 is 0. The number of ketones is 2. The number of carbonyl (C=O) groups excluding carboxylic acids is 3. The van der Waals surface area contributed by atoms with E-state index in [-0.39, 0.29) is 41.0 Å². The number of hydrogen-bond acceptors (Lipinski definition) is 10. The summed E-state index contributed by atoms with van der Waals surface area (Å²) in [5, 5.41) is 47.4. The highest BCUT2D eigenvalue weighted by Crippen LogP contribution is 2.53. The number of anilines is 1. The molecule has 0 spiro atoms. The van der Waals surface area contributed by atoms with E-state index < -0.39 is 63.8 Å². The fourth-order valence-corrected chi connectivity index (χ4v) is 5.79. The first kappa shape index (κ1) is 25.0. The first-order valence-corrected chi connectivity index (χ1v) is 11.4. The fraction of sp³-hybridized carbons (Fsp3) is 0.478. The van der Waals surface area contributed by atoms with Crippen LogP contribution < -0.4 is 11.1 Å². The molecule has 0 aromatic carbocycles. The van der Waals surface area contributed by atoms with E-state index in [0.29, 0.717) is 5.56 Å². The lowest BCUT2D eigenvalue weighted by molar-refractivity contribution is -0.153. The monoisotopic (exact) mass is 506 g/mol. The van der Waals surface area contributed by atoms with Crippen molar-refractivity contribution in [3.8, 4) is 5.75 Å². The molecule has 1 aromatic rings. The second-order valence-corrected chi connectivity index (χ2v) is 10.1. The summed E-state index contributed by atoms with van der Waals surface area (Å²) in [7, 11) is 3.07. The van der Waals surface area contributed by atoms with Gasteiger partial charge in [-0.15, -0.1) is 0 Å². The molecule has 35 heavy (non-hydrogen) atoms. The number of nitrogens with one attached hydrogen (secondary N) is 1. The number of nitrogens with zero attached hydrogens (tertiary/aromatic N) is 2. The van der Waals surface area contributed by atoms with Crippen molar-refractivity contribution in [2.45, 2.75) is 44.4 Å². The number of hydrogen-bond donors (Lipinski definition) is 6. The number of Topliss-reactive ketones (excluding diaryl/α,β-unsaturated/α-hetero) is 2. The Morgan fingerprint density at radius 1 is 1.26 bits per heavy atom. The van der Waals surface area contributed by atoms with Crippen molar-refractivity contribution < 1.29 is 34.8 Å². The Balaban J connectivity index is 1.97. The predicted molar refractivity (Wildman–Crippen MR) is 126 cm³/mol. The van der Waals surface area contributed by atoms with Crippen LogP contribution in [0.15, 0.2) is 16.9 Å². The van der Waals surface area contributed by atoms with E-state index in [0.717, 1.165) is 0 Å². The number of carbonyl (C=O) groups is 3. The third-order valence-corrected chi connectivity index (χ3v) is 7.27. The molecule has 1 fully saturated rings. The van der Waals surface area contributed by atoms with Crippen molar-refractivity contribution >= 4 is 40.7 Å². The van der Waals surface area contributed by atoms with E-state index in [2.05, 4.69) is 10.3 Å². The molecule has 0 saturated heterocycles. The van der Waals surface area contributed by atoms with Gasteiger partial charge in [-0.3, -0.25) is 19.3 Å². The van der Waals surface area contributed by atoms with Gasteiger partial charge in [0.25, 0.3) is 5.91 Å². The molecule has 0 radical (unpaired) electrons. The van der Waals surface area contributed by atoms with Crippen LogP contribution in [0.2, 0.25) is 5.15 Å². The minimum atomic E-state index is -2.68. The van der Waals surface area contributed by atoms with Crippen molar-refractivity contribution in [3.05, 3.63) is 33.2 Å². The molecular formula is C23H27ClN4O7. The van der Waals surface area contributed by atoms with Crippen LogP contribution >= 0.6 is 11.6 Å². The van der Waals surface area contributed by atoms with Gasteiger partial charge in [-0.25, -0.2) is 4.98 Å². The van der Waals surface area contributed by atoms with Gasteiger partial charge in [0.15, 0.2) is 23.0 Å². The number of rotatable bonds is 4. The summed E-state index contributed by atoms with van der Waals surface area (Å²) in [5.41, 5.74) is 1.73. The maximum absolute atomic E-state index is 13.8. The highest BCUT2D eigenvalue weighted by Gasteiger charge is 2.64. The average Bonchev–Trinajstić information content (AvgIpc) is 2.73. The van der Waals surface area contributed by atoms with E-state index in [1.165, 1.54) is 19.0 Å². The Kier molecular flexibility index (Phi) is 5.86. The fourth-order valence-electron chi connectivity index (χ4n) is 5.53. The van der Waals surface area contributed by atoms with Crippen molar-refractivity contribution in [3.63, 3.8) is 0 Å². The van der Waals surface area contributed by atoms with Gasteiger partial charge < -0.3 is 31.5 Å². The van der Waals surface area contributed by atoms with Crippen LogP contribution in [0, 0.1) is 11.8 Å². The smallest absolute Gasteiger partial charge is 0.255 e. The Hall–Kier alpha value is -3.15. The van der Waals surface area contributed by atoms with Gasteiger partial charge >= 0.3 is 0 Å². The standard InChI is InChI=1S/C23H27ClN4O7/c1-7(2)26-22-17(31)12-9(20(24)27-22)5-8-6-10-14(28(3)4)16(30)13(21(25)34)19(33)23(10,35)18(32)11(8)15(12)29/h7-8,10,14,29,31,33,35H,5-6H2,1-4H3,(H2,25,34)(H,26,27)/t8-,10-,14-,23-/m0/s1. The molecule has 4 atom stereocenters. The van der Waals surface area contributed by atoms with E-state index in [1.54, 1.807) is 13.8 Å². The lowest BCUT2D eigenvalue weighted by atomic mass is 9.57. The molecule has 0 aliphatic heterocycles. The number of aliphatic hydroxyl groups is 3. The van der Waals surface area contributed by atoms with Gasteiger partial charge in [0.05, 0.1) is 11.6 Å². The van der Waals surface area contributed by atoms with Gasteiger partial charge in [0.2, 0.25) is 5.78 Å². The maximum Gasteiger partial charge on any atom is 0.255 e. The quantitative estimate of drug-likeness (QED) is 0.252. The maximum atomic E-state index is 13.8. The first-order valence-electron chi connectivity index (χ1n) is 11.1. The van der Waals surface area contributed by atoms with Gasteiger partial charge in [-0.1, -0.05) is 11.6 Å². The largest absolute Gasteiger partial charge is 0.508 e. The van der Waals surface area contributed by atoms with Crippen LogP contribution in [-0.4, -0.2) is 79.6 Å². The van der Waals surface area contributed by atoms with Gasteiger partial charge in [0.1, 0.15) is 22.2 Å². The molecule has 12 heteroatoms. The number of likely N-dealkylation sites (N-methyl/N-ethyl adjacent to an activating group) is 1. The third-order valence-electron chi connectivity index (χ3n) is 6.96. The summed E-state index contributed by atoms with van der Waals surface area (Å²) in [5.74, 6) is -7.20. The van der Waals surface area contributed by atoms with Gasteiger partial charge in [0, 0.05) is 23.1 Å². The number of amides is 1. The lowest BCUT2D eigenvalue weighted by Gasteiger charge is -2.50. The summed E-state index contributed by atoms with van der Waals surface area (Å²) in [6.07, 6.45) is 0.0603. The Labute approximate surface area is 205 Å². The number of primary amides is 1. The second-order valence-electron chi connectivity index (χ2n) is 9.71. The van der Waals surface area contributed by atoms with Crippen LogP contribution in [-0.2, 0) is 20.8 Å². The van der Waals surface area contributed by atoms with E-state index in [4.69, 9.17) is 17.3 Å². The van der Waals surface area contributed by atoms with Crippen molar-refractivity contribution in [2.24, 2.45) is 17.6 Å². The number of nitrogens with two attached hydrogens (primary N) is 1. The molecular weight excluding hydrogens is 480 g/mol. The molecule has 3 aliphatic rings. The minimum absolute atomic E-state index is 0.00360. The van der Waals surface area contributed by atoms with E-state index in [1.807, 2.05) is 0 Å². The lowest BCUT2D eigenvalue weighted by Crippen LogP contribution is -2.65. The summed E-state index contributed by atoms with van der Waals surface area (Å²) in [6, 6.07) is -1.28. The van der Waals surface area contributed by atoms with Crippen LogP contribution in [0.1, 0.15) is 31.4 Å². The molecule has 188 valence electrons. The zero-order valence-electron chi connectivity index (χ0n) is 19.6. The zero-order chi connectivity index (χ0) is 26.1. The normalized spacial score (nSPS) is 28.3. The first-order chi connectivity index (χ1) is 16.2. The molecule has 7 N–H and O–H groups in total. The SMILES string of the molecule is CC(C)Nc1nc(Cl)c2c(c1O)C(O)=C1C(=O)[C@]3(O)C(O)=C(C(N)=O)C(=O)[C@@H](N(C)C)[C@@H]3C[C@@H]1C2. The Bertz CT molecular complexity index is 1240. The van der Waals surface area contributed by atoms with Crippen LogP contribution in [0.25, 0.3) is 5.76 Å². The third kappa shape index (κ3) is 3.40. The number of aromatic hydroxyl groups is 1. The molecule has 1 aromatic heterocycles. The molecule has 1 amide bonds. The minimum Gasteiger partial charge on any atom is -0.508 e. The number of pyridine rings is 1. The average molecular weight is 507 g/mol. The van der Waals surface area contributed by atoms with Crippen LogP contribution in [0.5, 0.6) is 5.75 Å². The molecule has 0 bridgehead atoms. The second kappa shape index (κ2) is 8.21. The van der Waals surface area contributed by atoms with Crippen LogP contribution in [0.3, 0.4) is 0 Å². The molecule has 4 rings (SSSR count). The molecule has 3 aliphatic carbocycles. The molecule has 11 nitrogen and oxygen atoms in total. The number of aliphatic hydroxyl groups excluding tert-OH is 2. The topological polar surface area (TPSA) is 186 Å². The number of aromatic nitrogens is 1. The highest BCUT2D eigenvalue weighted by atomic mass is 35.5. The summed E-state index contributed by atoms with van der Waals surface area (Å²) in [6.45, 7) is 3.61. The van der Waals surface area contributed by atoms with Crippen molar-refractivity contribution in [1.29, 1.82) is 0 Å². The zero-order valence-corrected chi connectivity index (χ0v) is 20.3. The molecule has 1 heterocycles. The number of fused-ring (bicyclic) bond motifs is 3.